The highest BCUT2D eigenvalue weighted by atomic mass is 16.5. The Hall–Kier alpha value is -2.17. The SMILES string of the molecule is CCOC(=O)C(C)[C@@]1(C(=O)OCC)Cc2ccccc2C1=O. The molecule has 22 heavy (non-hydrogen) atoms. The first-order chi connectivity index (χ1) is 10.5. The molecule has 0 radical (unpaired) electrons. The van der Waals surface area contributed by atoms with Gasteiger partial charge in [-0.05, 0) is 25.8 Å². The molecular formula is C17H20O5. The van der Waals surface area contributed by atoms with E-state index >= 15 is 0 Å². The number of carbonyl (C=O) groups excluding carboxylic acids is 3. The number of Topliss-reactive ketones (excluding diaryl/α,β-unsaturated/α-hetero) is 1. The number of ether oxygens (including phenoxy) is 2. The number of benzene rings is 1. The summed E-state index contributed by atoms with van der Waals surface area (Å²) < 4.78 is 10.1. The van der Waals surface area contributed by atoms with E-state index in [0.29, 0.717) is 5.56 Å². The number of rotatable bonds is 5. The quantitative estimate of drug-likeness (QED) is 0.616. The Morgan fingerprint density at radius 2 is 1.82 bits per heavy atom. The highest BCUT2D eigenvalue weighted by Gasteiger charge is 2.58. The molecule has 1 aromatic rings. The van der Waals surface area contributed by atoms with E-state index in [1.807, 2.05) is 6.07 Å². The Bertz CT molecular complexity index is 607. The summed E-state index contributed by atoms with van der Waals surface area (Å²) in [7, 11) is 0. The number of hydrogen-bond acceptors (Lipinski definition) is 5. The van der Waals surface area contributed by atoms with E-state index in [0.717, 1.165) is 5.56 Å². The van der Waals surface area contributed by atoms with Crippen LogP contribution in [0, 0.1) is 11.3 Å². The first-order valence-corrected chi connectivity index (χ1v) is 7.45. The summed E-state index contributed by atoms with van der Waals surface area (Å²) in [4.78, 5) is 37.6. The van der Waals surface area contributed by atoms with Crippen LogP contribution in [0.25, 0.3) is 0 Å². The van der Waals surface area contributed by atoms with Crippen LogP contribution in [0.3, 0.4) is 0 Å². The predicted molar refractivity (Wildman–Crippen MR) is 79.3 cm³/mol. The van der Waals surface area contributed by atoms with Crippen LogP contribution >= 0.6 is 0 Å². The van der Waals surface area contributed by atoms with Crippen molar-refractivity contribution in [2.75, 3.05) is 13.2 Å². The van der Waals surface area contributed by atoms with Crippen LogP contribution in [-0.4, -0.2) is 30.9 Å². The van der Waals surface area contributed by atoms with Gasteiger partial charge in [-0.3, -0.25) is 14.4 Å². The van der Waals surface area contributed by atoms with Crippen molar-refractivity contribution in [1.29, 1.82) is 0 Å². The smallest absolute Gasteiger partial charge is 0.321 e. The topological polar surface area (TPSA) is 69.7 Å². The average molecular weight is 304 g/mol. The van der Waals surface area contributed by atoms with Crippen LogP contribution in [0.15, 0.2) is 24.3 Å². The van der Waals surface area contributed by atoms with Crippen molar-refractivity contribution >= 4 is 17.7 Å². The monoisotopic (exact) mass is 304 g/mol. The van der Waals surface area contributed by atoms with Gasteiger partial charge in [0.2, 0.25) is 0 Å². The molecule has 0 N–H and O–H groups in total. The number of ketones is 1. The minimum absolute atomic E-state index is 0.153. The lowest BCUT2D eigenvalue weighted by Crippen LogP contribution is -2.47. The van der Waals surface area contributed by atoms with Crippen LogP contribution < -0.4 is 0 Å². The fraction of sp³-hybridized carbons (Fsp3) is 0.471. The van der Waals surface area contributed by atoms with Gasteiger partial charge in [-0.15, -0.1) is 0 Å². The molecule has 1 unspecified atom stereocenters. The third kappa shape index (κ3) is 2.40. The lowest BCUT2D eigenvalue weighted by molar-refractivity contribution is -0.164. The van der Waals surface area contributed by atoms with E-state index in [2.05, 4.69) is 0 Å². The summed E-state index contributed by atoms with van der Waals surface area (Å²) in [5.74, 6) is -2.47. The van der Waals surface area contributed by atoms with Gasteiger partial charge in [0.05, 0.1) is 19.1 Å². The Kier molecular flexibility index (Phi) is 4.64. The van der Waals surface area contributed by atoms with Crippen molar-refractivity contribution in [3.05, 3.63) is 35.4 Å². The third-order valence-electron chi connectivity index (χ3n) is 4.16. The molecular weight excluding hydrogens is 284 g/mol. The maximum absolute atomic E-state index is 12.9. The first-order valence-electron chi connectivity index (χ1n) is 7.45. The molecule has 0 bridgehead atoms. The molecule has 0 aromatic heterocycles. The highest BCUT2D eigenvalue weighted by Crippen LogP contribution is 2.44. The summed E-state index contributed by atoms with van der Waals surface area (Å²) >= 11 is 0. The summed E-state index contributed by atoms with van der Waals surface area (Å²) in [6, 6.07) is 7.03. The van der Waals surface area contributed by atoms with Crippen molar-refractivity contribution in [1.82, 2.24) is 0 Å². The molecule has 5 nitrogen and oxygen atoms in total. The molecule has 1 aliphatic rings. The molecule has 0 saturated carbocycles. The summed E-state index contributed by atoms with van der Waals surface area (Å²) in [5, 5.41) is 0. The molecule has 0 saturated heterocycles. The Labute approximate surface area is 129 Å². The van der Waals surface area contributed by atoms with Crippen LogP contribution in [0.2, 0.25) is 0 Å². The Morgan fingerprint density at radius 1 is 1.18 bits per heavy atom. The van der Waals surface area contributed by atoms with E-state index in [1.165, 1.54) is 0 Å². The van der Waals surface area contributed by atoms with Crippen molar-refractivity contribution in [3.8, 4) is 0 Å². The zero-order valence-electron chi connectivity index (χ0n) is 13.0. The van der Waals surface area contributed by atoms with Gasteiger partial charge < -0.3 is 9.47 Å². The maximum atomic E-state index is 12.9. The third-order valence-corrected chi connectivity index (χ3v) is 4.16. The summed E-state index contributed by atoms with van der Waals surface area (Å²) in [6.07, 6.45) is 0.167. The van der Waals surface area contributed by atoms with Crippen LogP contribution in [0.5, 0.6) is 0 Å². The van der Waals surface area contributed by atoms with E-state index in [-0.39, 0.29) is 25.4 Å². The molecule has 5 heteroatoms. The van der Waals surface area contributed by atoms with Gasteiger partial charge in [-0.2, -0.15) is 0 Å². The lowest BCUT2D eigenvalue weighted by Gasteiger charge is -2.29. The number of esters is 2. The van der Waals surface area contributed by atoms with Gasteiger partial charge in [0, 0.05) is 5.56 Å². The molecule has 0 spiro atoms. The van der Waals surface area contributed by atoms with Gasteiger partial charge in [0.25, 0.3) is 0 Å². The average Bonchev–Trinajstić information content (AvgIpc) is 2.81. The van der Waals surface area contributed by atoms with E-state index < -0.39 is 23.3 Å². The minimum atomic E-state index is -1.52. The molecule has 2 rings (SSSR count). The van der Waals surface area contributed by atoms with Crippen LogP contribution in [0.4, 0.5) is 0 Å². The van der Waals surface area contributed by atoms with Crippen molar-refractivity contribution in [3.63, 3.8) is 0 Å². The first kappa shape index (κ1) is 16.2. The molecule has 0 aliphatic heterocycles. The zero-order valence-corrected chi connectivity index (χ0v) is 13.0. The second-order valence-corrected chi connectivity index (χ2v) is 5.33. The van der Waals surface area contributed by atoms with Gasteiger partial charge in [-0.1, -0.05) is 31.2 Å². The lowest BCUT2D eigenvalue weighted by atomic mass is 9.72. The Morgan fingerprint density at radius 3 is 2.41 bits per heavy atom. The summed E-state index contributed by atoms with van der Waals surface area (Å²) in [5.41, 5.74) is -0.283. The second-order valence-electron chi connectivity index (χ2n) is 5.33. The predicted octanol–water partition coefficient (Wildman–Crippen LogP) is 2.17. The Balaban J connectivity index is 2.48. The largest absolute Gasteiger partial charge is 0.466 e. The van der Waals surface area contributed by atoms with E-state index in [9.17, 15) is 14.4 Å². The second kappa shape index (κ2) is 6.30. The fourth-order valence-electron chi connectivity index (χ4n) is 2.94. The van der Waals surface area contributed by atoms with Gasteiger partial charge in [0.1, 0.15) is 5.41 Å². The summed E-state index contributed by atoms with van der Waals surface area (Å²) in [6.45, 7) is 5.27. The van der Waals surface area contributed by atoms with E-state index in [4.69, 9.17) is 9.47 Å². The van der Waals surface area contributed by atoms with Crippen LogP contribution in [-0.2, 0) is 25.5 Å². The number of carbonyl (C=O) groups is 3. The normalized spacial score (nSPS) is 21.1. The van der Waals surface area contributed by atoms with Crippen LogP contribution in [0.1, 0.15) is 36.7 Å². The molecule has 118 valence electrons. The molecule has 2 atom stereocenters. The molecule has 1 aliphatic carbocycles. The highest BCUT2D eigenvalue weighted by molar-refractivity contribution is 6.18. The van der Waals surface area contributed by atoms with Crippen molar-refractivity contribution < 1.29 is 23.9 Å². The van der Waals surface area contributed by atoms with Crippen molar-refractivity contribution in [2.24, 2.45) is 11.3 Å². The number of hydrogen-bond donors (Lipinski definition) is 0. The van der Waals surface area contributed by atoms with E-state index in [1.54, 1.807) is 39.0 Å². The van der Waals surface area contributed by atoms with Gasteiger partial charge in [-0.25, -0.2) is 0 Å². The molecule has 0 amide bonds. The fourth-order valence-corrected chi connectivity index (χ4v) is 2.94. The molecule has 1 aromatic carbocycles. The van der Waals surface area contributed by atoms with Crippen molar-refractivity contribution in [2.45, 2.75) is 27.2 Å². The maximum Gasteiger partial charge on any atom is 0.321 e. The minimum Gasteiger partial charge on any atom is -0.466 e. The molecule has 0 fully saturated rings. The standard InChI is InChI=1S/C17H20O5/c1-4-21-15(19)11(3)17(16(20)22-5-2)10-12-8-6-7-9-13(12)14(17)18/h6-9,11H,4-5,10H2,1-3H3/t11?,17-/m0/s1. The molecule has 0 heterocycles. The van der Waals surface area contributed by atoms with Gasteiger partial charge in [0.15, 0.2) is 5.78 Å². The van der Waals surface area contributed by atoms with Gasteiger partial charge >= 0.3 is 11.9 Å². The number of fused-ring (bicyclic) bond motifs is 1. The zero-order chi connectivity index (χ0) is 16.3.